The molecular formula is C5H10Ca45O15+90. The molecule has 0 aliphatic heterocycles. The van der Waals surface area contributed by atoms with Crippen molar-refractivity contribution < 1.29 is 75.0 Å². The Bertz CT molecular complexity index is 259. The van der Waals surface area contributed by atoms with Gasteiger partial charge in [-0.05, 0) is 0 Å². The van der Waals surface area contributed by atoms with Crippen molar-refractivity contribution in [3.05, 3.63) is 0 Å². The van der Waals surface area contributed by atoms with Crippen LogP contribution in [0.3, 0.4) is 0 Å². The fourth-order valence-corrected chi connectivity index (χ4v) is 0. The Hall–Kier alpha value is 53.0. The maximum absolute atomic E-state index is 8.56. The van der Waals surface area contributed by atoms with Crippen molar-refractivity contribution in [2.45, 2.75) is 0 Å². The second kappa shape index (κ2) is 340. The van der Waals surface area contributed by atoms with E-state index >= 15 is 0 Å². The van der Waals surface area contributed by atoms with E-state index in [9.17, 15) is 0 Å². The molecule has 60 heteroatoms. The van der Waals surface area contributed by atoms with Crippen LogP contribution in [0.4, 0.5) is 24.0 Å². The zero-order valence-corrected chi connectivity index (χ0v) is 140. The van der Waals surface area contributed by atoms with Gasteiger partial charge in [0.25, 0.3) is 0 Å². The van der Waals surface area contributed by atoms with Crippen LogP contribution in [-0.2, 0) is 0 Å². The summed E-state index contributed by atoms with van der Waals surface area (Å²) in [4.78, 5) is 42.8. The zero-order chi connectivity index (χ0) is 17.9. The number of hydrogen-bond donors (Lipinski definition) is 10. The van der Waals surface area contributed by atoms with Crippen LogP contribution in [0, 0.1) is 0 Å². The van der Waals surface area contributed by atoms with Crippen molar-refractivity contribution in [2.24, 2.45) is 0 Å². The first kappa shape index (κ1) is 349. The maximum Gasteiger partial charge on any atom is 2.00 e. The van der Waals surface area contributed by atoms with Crippen molar-refractivity contribution in [3.8, 4) is 0 Å². The summed E-state index contributed by atoms with van der Waals surface area (Å²) in [5.41, 5.74) is 0. The largest absolute Gasteiger partial charge is 2.00 e. The van der Waals surface area contributed by atoms with Gasteiger partial charge in [-0.2, -0.15) is 0 Å². The van der Waals surface area contributed by atoms with Gasteiger partial charge in [-0.25, -0.2) is 24.0 Å². The molecule has 120 valence electrons. The molecule has 0 saturated heterocycles. The van der Waals surface area contributed by atoms with Gasteiger partial charge in [-0.3, -0.25) is 0 Å². The molecule has 15 nitrogen and oxygen atoms in total. The molecule has 0 amide bonds. The average Bonchev–Trinajstić information content (AvgIpc) is 1.94. The first-order valence-electron chi connectivity index (χ1n) is 3.26. The number of hydrogen-bond acceptors (Lipinski definition) is 5. The normalized spacial score (nSPS) is 1.85. The van der Waals surface area contributed by atoms with Crippen molar-refractivity contribution in [3.63, 3.8) is 0 Å². The fourth-order valence-electron chi connectivity index (χ4n) is 0. The molecule has 0 fully saturated rings. The van der Waals surface area contributed by atoms with Gasteiger partial charge in [-0.15, -0.1) is 0 Å². The molecule has 0 bridgehead atoms. The van der Waals surface area contributed by atoms with E-state index in [4.69, 9.17) is 75.0 Å². The van der Waals surface area contributed by atoms with Crippen molar-refractivity contribution in [1.29, 1.82) is 0 Å². The van der Waals surface area contributed by atoms with Crippen LogP contribution in [-0.4, -0.2) is 1780 Å². The minimum absolute atomic E-state index is 0. The second-order valence-electron chi connectivity index (χ2n) is 1.41. The van der Waals surface area contributed by atoms with Crippen LogP contribution >= 0.6 is 0 Å². The first-order valence-corrected chi connectivity index (χ1v) is 3.26. The molecule has 0 unspecified atom stereocenters. The average molecular weight is 2110 g/mol. The van der Waals surface area contributed by atoms with Crippen molar-refractivity contribution in [1.82, 2.24) is 0 Å². The summed E-state index contributed by atoms with van der Waals surface area (Å²) in [5.74, 6) is 0. The molecule has 0 aromatic rings. The Balaban J connectivity index is -0.000000000768. The Morgan fingerprint density at radius 2 is 0.108 bits per heavy atom. The molecule has 0 radical (unpaired) electrons. The predicted octanol–water partition coefficient (Wildman–Crippen LogP) is -16.0. The monoisotopic (exact) mass is 2110 g/mol. The van der Waals surface area contributed by atoms with Crippen LogP contribution in [0.25, 0.3) is 0 Å². The SMILES string of the molecule is O=C(O)O.O=C(O)O.O=C(O)O.O=C(O)O.O=C(O)O.[Ca+2].[Ca+2].[Ca+2].[Ca+2].[Ca+2].[Ca+2].[Ca+2].[Ca+2].[Ca+2].[Ca+2].[Ca+2].[Ca+2].[Ca+2].[Ca+2].[Ca+2].[Ca+2].[Ca+2].[Ca+2].[Ca+2].[Ca+2].[Ca+2].[Ca+2].[Ca+2].[Ca+2].[Ca+2].[Ca+2].[Ca+2].[Ca+2].[Ca+2].[Ca+2].[Ca+2].[Ca+2].[Ca+2].[Ca+2].[Ca+2].[Ca+2].[Ca+2].[Ca+2].[Ca+2].[Ca+2].[Ca+2].[Ca+2].[Ca+2].[Ca+2].[Ca+2]. The van der Waals surface area contributed by atoms with E-state index in [2.05, 4.69) is 0 Å². The Kier molecular flexibility index (Phi) is 1830. The minimum atomic E-state index is -1.83. The smallest absolute Gasteiger partial charge is 0.450 e. The van der Waals surface area contributed by atoms with E-state index in [-0.39, 0.29) is 1700 Å². The Morgan fingerprint density at radius 1 is 0.108 bits per heavy atom. The van der Waals surface area contributed by atoms with Gasteiger partial charge in [-0.1, -0.05) is 0 Å². The van der Waals surface area contributed by atoms with Gasteiger partial charge in [0.15, 0.2) is 0 Å². The molecular weight excluding hydrogens is 2100 g/mol. The summed E-state index contributed by atoms with van der Waals surface area (Å²) in [6, 6.07) is 0. The molecule has 0 atom stereocenters. The van der Waals surface area contributed by atoms with Crippen LogP contribution in [0.1, 0.15) is 0 Å². The van der Waals surface area contributed by atoms with Crippen molar-refractivity contribution >= 4 is 1730 Å². The van der Waals surface area contributed by atoms with Crippen LogP contribution in [0.2, 0.25) is 0 Å². The molecule has 0 aromatic heterocycles. The van der Waals surface area contributed by atoms with Gasteiger partial charge in [0, 0.05) is 0 Å². The van der Waals surface area contributed by atoms with Crippen LogP contribution in [0.5, 0.6) is 0 Å². The van der Waals surface area contributed by atoms with Crippen LogP contribution in [0.15, 0.2) is 0 Å². The quantitative estimate of drug-likeness (QED) is 0.101. The second-order valence-corrected chi connectivity index (χ2v) is 1.41. The molecule has 0 saturated carbocycles. The predicted molar refractivity (Wildman–Crippen MR) is 312 cm³/mol. The number of carboxylic acid groups (broad SMARTS) is 10. The molecule has 0 aromatic carbocycles. The molecule has 0 spiro atoms. The van der Waals surface area contributed by atoms with Crippen LogP contribution < -0.4 is 0 Å². The summed E-state index contributed by atoms with van der Waals surface area (Å²) in [6.07, 6.45) is -9.17. The van der Waals surface area contributed by atoms with Gasteiger partial charge >= 0.3 is 1730 Å². The molecule has 10 N–H and O–H groups in total. The Morgan fingerprint density at radius 3 is 0.108 bits per heavy atom. The fraction of sp³-hybridized carbons (Fsp3) is 0. The van der Waals surface area contributed by atoms with Gasteiger partial charge in [0.1, 0.15) is 0 Å². The number of carbonyl (C=O) groups is 5. The summed E-state index contributed by atoms with van der Waals surface area (Å²) in [5, 5.41) is 69.7. The number of rotatable bonds is 0. The third-order valence-electron chi connectivity index (χ3n) is 0. The minimum Gasteiger partial charge on any atom is -0.450 e. The van der Waals surface area contributed by atoms with Gasteiger partial charge in [0.2, 0.25) is 0 Å². The molecule has 0 aliphatic carbocycles. The molecule has 0 heterocycles. The van der Waals surface area contributed by atoms with E-state index in [0.717, 1.165) is 0 Å². The molecule has 0 aliphatic rings. The summed E-state index contributed by atoms with van der Waals surface area (Å²) in [6.45, 7) is 0. The van der Waals surface area contributed by atoms with E-state index in [0.29, 0.717) is 0 Å². The third-order valence-corrected chi connectivity index (χ3v) is 0. The van der Waals surface area contributed by atoms with Crippen molar-refractivity contribution in [2.75, 3.05) is 0 Å². The Labute approximate surface area is 1730 Å². The molecule has 0 rings (SSSR count). The van der Waals surface area contributed by atoms with Gasteiger partial charge < -0.3 is 51.1 Å². The maximum atomic E-state index is 8.56. The summed E-state index contributed by atoms with van der Waals surface area (Å²) < 4.78 is 0. The standard InChI is InChI=1S/5CH2O3.45Ca/c5*2-1(3)4;;;;;;;;;;;;;;;;;;;;;;;;;;;;;;;;;;;;;;;;;;;;;/h5*(H2,2,3,4);;;;;;;;;;;;;;;;;;;;;;;;;;;;;;;;;;;;;;;;;;;;;/q;;;;;45*+2. The first-order chi connectivity index (χ1) is 8.66. The summed E-state index contributed by atoms with van der Waals surface area (Å²) in [7, 11) is 0. The van der Waals surface area contributed by atoms with Gasteiger partial charge in [0.05, 0.1) is 0 Å². The summed E-state index contributed by atoms with van der Waals surface area (Å²) >= 11 is 0. The zero-order valence-electron chi connectivity index (χ0n) is 40.8. The van der Waals surface area contributed by atoms with E-state index in [1.54, 1.807) is 0 Å². The van der Waals surface area contributed by atoms with E-state index in [1.807, 2.05) is 0 Å². The third kappa shape index (κ3) is 551. The van der Waals surface area contributed by atoms with E-state index in [1.165, 1.54) is 0 Å². The van der Waals surface area contributed by atoms with E-state index < -0.39 is 30.8 Å². The topological polar surface area (TPSA) is 288 Å². The molecule has 65 heavy (non-hydrogen) atoms.